The van der Waals surface area contributed by atoms with Gasteiger partial charge in [-0.15, -0.1) is 0 Å². The first-order valence-corrected chi connectivity index (χ1v) is 11.0. The highest BCUT2D eigenvalue weighted by atomic mass is 35.5. The maximum absolute atomic E-state index is 12.5. The minimum Gasteiger partial charge on any atom is -0.424 e. The van der Waals surface area contributed by atoms with Crippen molar-refractivity contribution in [3.63, 3.8) is 0 Å². The third-order valence-corrected chi connectivity index (χ3v) is 6.34. The Morgan fingerprint density at radius 2 is 1.87 bits per heavy atom. The molecule has 0 aliphatic heterocycles. The minimum atomic E-state index is -3.92. The number of ether oxygens (including phenoxy) is 1. The summed E-state index contributed by atoms with van der Waals surface area (Å²) in [5.41, 5.74) is 1.35. The number of rotatable bonds is 6. The second kappa shape index (κ2) is 8.59. The number of sulfonamides is 1. The van der Waals surface area contributed by atoms with E-state index in [1.54, 1.807) is 18.2 Å². The summed E-state index contributed by atoms with van der Waals surface area (Å²) in [5, 5.41) is 0.767. The first kappa shape index (κ1) is 22.0. The van der Waals surface area contributed by atoms with Crippen molar-refractivity contribution < 1.29 is 22.4 Å². The molecule has 0 aliphatic carbocycles. The van der Waals surface area contributed by atoms with E-state index < -0.39 is 27.7 Å². The van der Waals surface area contributed by atoms with Gasteiger partial charge in [-0.25, -0.2) is 18.0 Å². The summed E-state index contributed by atoms with van der Waals surface area (Å²) in [4.78, 5) is 24.2. The third kappa shape index (κ3) is 4.72. The largest absolute Gasteiger partial charge is 0.424 e. The van der Waals surface area contributed by atoms with Crippen molar-refractivity contribution in [3.8, 4) is 5.75 Å². The molecule has 0 radical (unpaired) electrons. The van der Waals surface area contributed by atoms with E-state index in [0.29, 0.717) is 11.8 Å². The summed E-state index contributed by atoms with van der Waals surface area (Å²) in [6, 6.07) is 9.30. The molecule has 7 nitrogen and oxygen atoms in total. The number of aryl methyl sites for hydroxylation is 2. The van der Waals surface area contributed by atoms with Gasteiger partial charge in [0.15, 0.2) is 5.75 Å². The molecule has 1 aromatic heterocycles. The van der Waals surface area contributed by atoms with Crippen LogP contribution in [0.5, 0.6) is 5.75 Å². The van der Waals surface area contributed by atoms with Crippen LogP contribution < -0.4 is 15.1 Å². The number of hydrogen-bond donors (Lipinski definition) is 1. The molecule has 2 aromatic carbocycles. The van der Waals surface area contributed by atoms with E-state index in [4.69, 9.17) is 20.8 Å². The maximum atomic E-state index is 12.5. The number of carbonyl (C=O) groups is 1. The van der Waals surface area contributed by atoms with Gasteiger partial charge in [-0.05, 0) is 44.0 Å². The molecule has 0 spiro atoms. The average molecular weight is 450 g/mol. The second-order valence-electron chi connectivity index (χ2n) is 6.80. The van der Waals surface area contributed by atoms with Crippen LogP contribution in [0.1, 0.15) is 25.0 Å². The fourth-order valence-corrected chi connectivity index (χ4v) is 4.26. The monoisotopic (exact) mass is 449 g/mol. The Morgan fingerprint density at radius 3 is 2.50 bits per heavy atom. The lowest BCUT2D eigenvalue weighted by atomic mass is 10.1. The maximum Gasteiger partial charge on any atom is 0.336 e. The Hall–Kier alpha value is -2.68. The summed E-state index contributed by atoms with van der Waals surface area (Å²) in [7, 11) is -3.92. The van der Waals surface area contributed by atoms with Gasteiger partial charge in [-0.2, -0.15) is 4.72 Å². The molecule has 1 heterocycles. The number of benzene rings is 2. The van der Waals surface area contributed by atoms with Crippen LogP contribution in [0.15, 0.2) is 56.6 Å². The zero-order valence-corrected chi connectivity index (χ0v) is 18.1. The van der Waals surface area contributed by atoms with E-state index in [9.17, 15) is 18.0 Å². The van der Waals surface area contributed by atoms with Crippen LogP contribution in [0, 0.1) is 6.92 Å². The molecule has 1 atom stereocenters. The smallest absolute Gasteiger partial charge is 0.336 e. The van der Waals surface area contributed by atoms with E-state index in [1.165, 1.54) is 31.2 Å². The normalized spacial score (nSPS) is 12.7. The van der Waals surface area contributed by atoms with Crippen LogP contribution >= 0.6 is 11.6 Å². The van der Waals surface area contributed by atoms with Crippen LogP contribution in [0.4, 0.5) is 0 Å². The molecule has 0 saturated heterocycles. The Bertz CT molecular complexity index is 1270. The highest BCUT2D eigenvalue weighted by molar-refractivity contribution is 7.89. The van der Waals surface area contributed by atoms with E-state index in [0.717, 1.165) is 11.1 Å². The van der Waals surface area contributed by atoms with E-state index in [1.807, 2.05) is 13.8 Å². The Kier molecular flexibility index (Phi) is 6.30. The lowest BCUT2D eigenvalue weighted by Gasteiger charge is -2.15. The van der Waals surface area contributed by atoms with E-state index in [-0.39, 0.29) is 21.3 Å². The number of carbonyl (C=O) groups excluding carboxylic acids is 1. The molecule has 3 rings (SSSR count). The fraction of sp³-hybridized carbons (Fsp3) is 0.238. The highest BCUT2D eigenvalue weighted by Gasteiger charge is 2.24. The topological polar surface area (TPSA) is 103 Å². The highest BCUT2D eigenvalue weighted by Crippen LogP contribution is 2.31. The standard InChI is InChI=1S/C21H20ClNO6S/c1-4-14-9-20(24)28-18-11-19(17(22)10-16(14)18)29-21(25)13(3)23-30(26,27)15-7-5-12(2)6-8-15/h5-11,13,23H,4H2,1-3H3. The van der Waals surface area contributed by atoms with Gasteiger partial charge in [0.1, 0.15) is 11.6 Å². The Labute approximate surface area is 178 Å². The fourth-order valence-electron chi connectivity index (χ4n) is 2.86. The summed E-state index contributed by atoms with van der Waals surface area (Å²) >= 11 is 6.23. The molecular formula is C21H20ClNO6S. The van der Waals surface area contributed by atoms with Crippen LogP contribution in [-0.4, -0.2) is 20.4 Å². The van der Waals surface area contributed by atoms with Crippen LogP contribution in [0.3, 0.4) is 0 Å². The zero-order valence-electron chi connectivity index (χ0n) is 16.6. The number of fused-ring (bicyclic) bond motifs is 1. The van der Waals surface area contributed by atoms with Crippen LogP contribution in [0.2, 0.25) is 5.02 Å². The number of hydrogen-bond acceptors (Lipinski definition) is 6. The molecule has 1 N–H and O–H groups in total. The molecule has 1 unspecified atom stereocenters. The summed E-state index contributed by atoms with van der Waals surface area (Å²) in [6.07, 6.45) is 0.593. The van der Waals surface area contributed by atoms with Crippen molar-refractivity contribution in [2.75, 3.05) is 0 Å². The lowest BCUT2D eigenvalue weighted by Crippen LogP contribution is -2.40. The van der Waals surface area contributed by atoms with Crippen LogP contribution in [-0.2, 0) is 21.2 Å². The summed E-state index contributed by atoms with van der Waals surface area (Å²) in [5.74, 6) is -0.895. The predicted octanol–water partition coefficient (Wildman–Crippen LogP) is 3.59. The van der Waals surface area contributed by atoms with Crippen molar-refractivity contribution in [2.45, 2.75) is 38.1 Å². The summed E-state index contributed by atoms with van der Waals surface area (Å²) < 4.78 is 37.7. The van der Waals surface area contributed by atoms with Crippen molar-refractivity contribution >= 4 is 38.6 Å². The molecule has 0 fully saturated rings. The first-order valence-electron chi connectivity index (χ1n) is 9.17. The van der Waals surface area contributed by atoms with Gasteiger partial charge in [0.2, 0.25) is 10.0 Å². The van der Waals surface area contributed by atoms with Crippen molar-refractivity contribution in [1.82, 2.24) is 4.72 Å². The van der Waals surface area contributed by atoms with Gasteiger partial charge in [-0.1, -0.05) is 36.2 Å². The number of esters is 1. The molecule has 30 heavy (non-hydrogen) atoms. The van der Waals surface area contributed by atoms with Gasteiger partial charge in [0.25, 0.3) is 0 Å². The van der Waals surface area contributed by atoms with Crippen molar-refractivity contribution in [3.05, 3.63) is 69.0 Å². The van der Waals surface area contributed by atoms with Gasteiger partial charge < -0.3 is 9.15 Å². The minimum absolute atomic E-state index is 0.0327. The number of halogens is 1. The van der Waals surface area contributed by atoms with Gasteiger partial charge >= 0.3 is 11.6 Å². The molecule has 0 amide bonds. The zero-order chi connectivity index (χ0) is 22.1. The predicted molar refractivity (Wildman–Crippen MR) is 113 cm³/mol. The average Bonchev–Trinajstić information content (AvgIpc) is 2.68. The number of nitrogens with one attached hydrogen (secondary N) is 1. The molecule has 0 bridgehead atoms. The molecular weight excluding hydrogens is 430 g/mol. The molecule has 9 heteroatoms. The van der Waals surface area contributed by atoms with E-state index >= 15 is 0 Å². The third-order valence-electron chi connectivity index (χ3n) is 4.49. The molecule has 3 aromatic rings. The van der Waals surface area contributed by atoms with Crippen LogP contribution in [0.25, 0.3) is 11.0 Å². The quantitative estimate of drug-likeness (QED) is 0.350. The summed E-state index contributed by atoms with van der Waals surface area (Å²) in [6.45, 7) is 5.08. The van der Waals surface area contributed by atoms with Gasteiger partial charge in [0.05, 0.1) is 9.92 Å². The van der Waals surface area contributed by atoms with E-state index in [2.05, 4.69) is 4.72 Å². The molecule has 0 aliphatic rings. The molecule has 0 saturated carbocycles. The SMILES string of the molecule is CCc1cc(=O)oc2cc(OC(=O)C(C)NS(=O)(=O)c3ccc(C)cc3)c(Cl)cc12. The van der Waals surface area contributed by atoms with Crippen molar-refractivity contribution in [2.24, 2.45) is 0 Å². The Morgan fingerprint density at radius 1 is 1.20 bits per heavy atom. The van der Waals surface area contributed by atoms with Crippen molar-refractivity contribution in [1.29, 1.82) is 0 Å². The first-order chi connectivity index (χ1) is 14.1. The second-order valence-corrected chi connectivity index (χ2v) is 8.92. The van der Waals surface area contributed by atoms with Gasteiger partial charge in [-0.3, -0.25) is 0 Å². The van der Waals surface area contributed by atoms with Gasteiger partial charge in [0, 0.05) is 17.5 Å². The molecule has 158 valence electrons. The lowest BCUT2D eigenvalue weighted by molar-refractivity contribution is -0.135. The Balaban J connectivity index is 1.82.